The maximum atomic E-state index is 12.2. The second-order valence-electron chi connectivity index (χ2n) is 5.03. The molecule has 0 aliphatic carbocycles. The Labute approximate surface area is 167 Å². The van der Waals surface area contributed by atoms with Gasteiger partial charge in [-0.1, -0.05) is 58.4 Å². The van der Waals surface area contributed by atoms with Crippen molar-refractivity contribution in [2.45, 2.75) is 4.34 Å². The average Bonchev–Trinajstić information content (AvgIpc) is 3.08. The van der Waals surface area contributed by atoms with E-state index >= 15 is 0 Å². The Morgan fingerprint density at radius 3 is 2.50 bits per heavy atom. The fraction of sp³-hybridized carbons (Fsp3) is 0.0588. The van der Waals surface area contributed by atoms with Crippen LogP contribution in [0.2, 0.25) is 10.0 Å². The van der Waals surface area contributed by atoms with Gasteiger partial charge in [0.1, 0.15) is 0 Å². The number of rotatable bonds is 6. The van der Waals surface area contributed by atoms with Gasteiger partial charge in [0.15, 0.2) is 10.1 Å². The van der Waals surface area contributed by atoms with Crippen LogP contribution in [0.1, 0.15) is 20.7 Å². The SMILES string of the molecule is O=C(CSc1nnc(NC(=O)c2ccccc2Cl)s1)c1ccc(Cl)cc1. The van der Waals surface area contributed by atoms with Crippen LogP contribution in [-0.2, 0) is 0 Å². The highest BCUT2D eigenvalue weighted by Crippen LogP contribution is 2.27. The average molecular weight is 424 g/mol. The van der Waals surface area contributed by atoms with Crippen molar-refractivity contribution in [1.29, 1.82) is 0 Å². The van der Waals surface area contributed by atoms with Gasteiger partial charge in [0.25, 0.3) is 5.91 Å². The van der Waals surface area contributed by atoms with Crippen LogP contribution in [-0.4, -0.2) is 27.6 Å². The van der Waals surface area contributed by atoms with Crippen LogP contribution in [0.4, 0.5) is 5.13 Å². The first-order valence-corrected chi connectivity index (χ1v) is 9.89. The Hall–Kier alpha value is -1.93. The zero-order valence-electron chi connectivity index (χ0n) is 13.1. The second-order valence-corrected chi connectivity index (χ2v) is 8.07. The Morgan fingerprint density at radius 2 is 1.77 bits per heavy atom. The molecule has 132 valence electrons. The first-order valence-electron chi connectivity index (χ1n) is 7.34. The number of ketones is 1. The van der Waals surface area contributed by atoms with Crippen LogP contribution in [0.15, 0.2) is 52.9 Å². The number of carbonyl (C=O) groups is 2. The molecule has 1 amide bonds. The maximum absolute atomic E-state index is 12.2. The van der Waals surface area contributed by atoms with Gasteiger partial charge < -0.3 is 0 Å². The summed E-state index contributed by atoms with van der Waals surface area (Å²) in [5.74, 6) is -0.182. The standard InChI is InChI=1S/C17H11Cl2N3O2S2/c18-11-7-5-10(6-8-11)14(23)9-25-17-22-21-16(26-17)20-15(24)12-3-1-2-4-13(12)19/h1-8H,9H2,(H,20,21,24). The Bertz CT molecular complexity index is 945. The quantitative estimate of drug-likeness (QED) is 0.340. The van der Waals surface area contributed by atoms with Gasteiger partial charge in [-0.05, 0) is 36.4 Å². The van der Waals surface area contributed by atoms with Crippen LogP contribution >= 0.6 is 46.3 Å². The Balaban J connectivity index is 1.58. The largest absolute Gasteiger partial charge is 0.296 e. The van der Waals surface area contributed by atoms with Gasteiger partial charge in [0, 0.05) is 10.6 Å². The molecule has 0 bridgehead atoms. The van der Waals surface area contributed by atoms with E-state index in [1.165, 1.54) is 23.1 Å². The smallest absolute Gasteiger partial charge is 0.259 e. The number of benzene rings is 2. The molecular formula is C17H11Cl2N3O2S2. The van der Waals surface area contributed by atoms with E-state index < -0.39 is 0 Å². The normalized spacial score (nSPS) is 10.5. The molecule has 5 nitrogen and oxygen atoms in total. The Morgan fingerprint density at radius 1 is 1.04 bits per heavy atom. The van der Waals surface area contributed by atoms with E-state index in [2.05, 4.69) is 15.5 Å². The number of aromatic nitrogens is 2. The van der Waals surface area contributed by atoms with Crippen molar-refractivity contribution < 1.29 is 9.59 Å². The number of halogens is 2. The summed E-state index contributed by atoms with van der Waals surface area (Å²) >= 11 is 14.3. The molecule has 26 heavy (non-hydrogen) atoms. The van der Waals surface area contributed by atoms with E-state index in [1.807, 2.05) is 0 Å². The third kappa shape index (κ3) is 4.82. The van der Waals surface area contributed by atoms with E-state index in [4.69, 9.17) is 23.2 Å². The number of Topliss-reactive ketones (excluding diaryl/α,β-unsaturated/α-hetero) is 1. The second kappa shape index (κ2) is 8.64. The number of nitrogens with one attached hydrogen (secondary N) is 1. The molecule has 1 heterocycles. The molecule has 1 aromatic heterocycles. The zero-order valence-corrected chi connectivity index (χ0v) is 16.3. The minimum atomic E-state index is -0.361. The number of carbonyl (C=O) groups excluding carboxylic acids is 2. The number of hydrogen-bond acceptors (Lipinski definition) is 6. The molecule has 3 rings (SSSR count). The highest BCUT2D eigenvalue weighted by atomic mass is 35.5. The van der Waals surface area contributed by atoms with Crippen molar-refractivity contribution in [2.75, 3.05) is 11.1 Å². The predicted octanol–water partition coefficient (Wildman–Crippen LogP) is 5.07. The minimum absolute atomic E-state index is 0.0384. The molecule has 9 heteroatoms. The molecule has 0 atom stereocenters. The number of thioether (sulfide) groups is 1. The van der Waals surface area contributed by atoms with Gasteiger partial charge in [0.2, 0.25) is 5.13 Å². The van der Waals surface area contributed by atoms with E-state index in [-0.39, 0.29) is 17.4 Å². The van der Waals surface area contributed by atoms with Crippen LogP contribution in [0.3, 0.4) is 0 Å². The summed E-state index contributed by atoms with van der Waals surface area (Å²) in [5.41, 5.74) is 0.940. The van der Waals surface area contributed by atoms with E-state index in [9.17, 15) is 9.59 Å². The lowest BCUT2D eigenvalue weighted by Crippen LogP contribution is -2.12. The van der Waals surface area contributed by atoms with Crippen molar-refractivity contribution in [2.24, 2.45) is 0 Å². The zero-order chi connectivity index (χ0) is 18.5. The molecule has 0 saturated heterocycles. The van der Waals surface area contributed by atoms with E-state index in [0.717, 1.165) is 0 Å². The maximum Gasteiger partial charge on any atom is 0.259 e. The Kier molecular flexibility index (Phi) is 6.26. The number of nitrogens with zero attached hydrogens (tertiary/aromatic N) is 2. The lowest BCUT2D eigenvalue weighted by Gasteiger charge is -2.02. The van der Waals surface area contributed by atoms with E-state index in [0.29, 0.717) is 30.6 Å². The fourth-order valence-corrected chi connectivity index (χ4v) is 3.96. The van der Waals surface area contributed by atoms with Gasteiger partial charge in [-0.15, -0.1) is 10.2 Å². The first-order chi connectivity index (χ1) is 12.5. The molecule has 0 unspecified atom stereocenters. The molecule has 1 N–H and O–H groups in total. The van der Waals surface area contributed by atoms with Crippen molar-refractivity contribution in [1.82, 2.24) is 10.2 Å². The summed E-state index contributed by atoms with van der Waals surface area (Å²) in [6.45, 7) is 0. The first kappa shape index (κ1) is 18.8. The number of hydrogen-bond donors (Lipinski definition) is 1. The molecule has 0 saturated carbocycles. The number of anilines is 1. The summed E-state index contributed by atoms with van der Waals surface area (Å²) in [6, 6.07) is 13.4. The highest BCUT2D eigenvalue weighted by molar-refractivity contribution is 8.01. The summed E-state index contributed by atoms with van der Waals surface area (Å²) in [4.78, 5) is 24.3. The summed E-state index contributed by atoms with van der Waals surface area (Å²) in [7, 11) is 0. The van der Waals surface area contributed by atoms with Crippen LogP contribution in [0.25, 0.3) is 0 Å². The molecule has 0 spiro atoms. The molecular weight excluding hydrogens is 413 g/mol. The van der Waals surface area contributed by atoms with Crippen LogP contribution < -0.4 is 5.32 Å². The molecule has 0 aliphatic rings. The van der Waals surface area contributed by atoms with Crippen molar-refractivity contribution in [3.05, 3.63) is 69.7 Å². The lowest BCUT2D eigenvalue weighted by molar-refractivity contribution is 0.101. The minimum Gasteiger partial charge on any atom is -0.296 e. The predicted molar refractivity (Wildman–Crippen MR) is 106 cm³/mol. The monoisotopic (exact) mass is 423 g/mol. The summed E-state index contributed by atoms with van der Waals surface area (Å²) in [5, 5.41) is 11.8. The molecule has 0 radical (unpaired) electrons. The molecule has 0 fully saturated rings. The van der Waals surface area contributed by atoms with Gasteiger partial charge in [-0.25, -0.2) is 0 Å². The third-order valence-electron chi connectivity index (χ3n) is 3.24. The molecule has 2 aromatic carbocycles. The molecule has 0 aliphatic heterocycles. The van der Waals surface area contributed by atoms with Gasteiger partial charge in [-0.3, -0.25) is 14.9 Å². The van der Waals surface area contributed by atoms with Gasteiger partial charge >= 0.3 is 0 Å². The van der Waals surface area contributed by atoms with Crippen LogP contribution in [0.5, 0.6) is 0 Å². The van der Waals surface area contributed by atoms with Crippen molar-refractivity contribution in [3.63, 3.8) is 0 Å². The lowest BCUT2D eigenvalue weighted by atomic mass is 10.1. The van der Waals surface area contributed by atoms with Crippen molar-refractivity contribution in [3.8, 4) is 0 Å². The fourth-order valence-electron chi connectivity index (χ4n) is 1.97. The van der Waals surface area contributed by atoms with Gasteiger partial charge in [-0.2, -0.15) is 0 Å². The van der Waals surface area contributed by atoms with Gasteiger partial charge in [0.05, 0.1) is 16.3 Å². The number of amides is 1. The topological polar surface area (TPSA) is 72.0 Å². The van der Waals surface area contributed by atoms with Crippen LogP contribution in [0, 0.1) is 0 Å². The van der Waals surface area contributed by atoms with E-state index in [1.54, 1.807) is 48.5 Å². The highest BCUT2D eigenvalue weighted by Gasteiger charge is 2.14. The van der Waals surface area contributed by atoms with Crippen molar-refractivity contribution >= 4 is 63.1 Å². The third-order valence-corrected chi connectivity index (χ3v) is 5.79. The molecule has 3 aromatic rings. The summed E-state index contributed by atoms with van der Waals surface area (Å²) < 4.78 is 0.585. The summed E-state index contributed by atoms with van der Waals surface area (Å²) in [6.07, 6.45) is 0.